The van der Waals surface area contributed by atoms with E-state index in [0.717, 1.165) is 11.3 Å². The van der Waals surface area contributed by atoms with Gasteiger partial charge in [-0.05, 0) is 35.9 Å². The molecule has 1 heterocycles. The molecule has 1 aromatic heterocycles. The number of methoxy groups -OCH3 is 1. The molecule has 0 fully saturated rings. The summed E-state index contributed by atoms with van der Waals surface area (Å²) in [4.78, 5) is 31.1. The Hall–Kier alpha value is -3.47. The maximum atomic E-state index is 13.3. The molecule has 0 aliphatic rings. The number of esters is 1. The van der Waals surface area contributed by atoms with Crippen molar-refractivity contribution in [1.29, 1.82) is 0 Å². The van der Waals surface area contributed by atoms with Gasteiger partial charge in [0.25, 0.3) is 5.91 Å². The fraction of sp³-hybridized carbons (Fsp3) is 0.0952. The molecule has 0 radical (unpaired) electrons. The van der Waals surface area contributed by atoms with Crippen LogP contribution in [0.25, 0.3) is 0 Å². The average molecular weight is 346 g/mol. The molecule has 3 rings (SSSR count). The van der Waals surface area contributed by atoms with Gasteiger partial charge < -0.3 is 9.64 Å². The molecule has 5 heteroatoms. The minimum Gasteiger partial charge on any atom is -0.465 e. The lowest BCUT2D eigenvalue weighted by Crippen LogP contribution is -2.31. The van der Waals surface area contributed by atoms with Crippen LogP contribution in [0.1, 0.15) is 26.3 Å². The van der Waals surface area contributed by atoms with E-state index in [1.807, 2.05) is 42.5 Å². The van der Waals surface area contributed by atoms with E-state index in [9.17, 15) is 9.59 Å². The number of aromatic nitrogens is 1. The number of hydrogen-bond donors (Lipinski definition) is 0. The summed E-state index contributed by atoms with van der Waals surface area (Å²) in [6, 6.07) is 19.7. The second-order valence-electron chi connectivity index (χ2n) is 5.63. The molecule has 2 aromatic carbocycles. The Kier molecular flexibility index (Phi) is 5.39. The highest BCUT2D eigenvalue weighted by Crippen LogP contribution is 2.22. The van der Waals surface area contributed by atoms with Crippen LogP contribution >= 0.6 is 0 Å². The first-order valence-corrected chi connectivity index (χ1v) is 8.14. The third-order valence-electron chi connectivity index (χ3n) is 3.94. The summed E-state index contributed by atoms with van der Waals surface area (Å²) < 4.78 is 4.81. The maximum Gasteiger partial charge on any atom is 0.338 e. The third-order valence-corrected chi connectivity index (χ3v) is 3.94. The number of ether oxygens (including phenoxy) is 1. The number of carbonyl (C=O) groups is 2. The molecular weight excluding hydrogens is 328 g/mol. The van der Waals surface area contributed by atoms with Crippen molar-refractivity contribution < 1.29 is 14.3 Å². The molecule has 0 saturated heterocycles. The van der Waals surface area contributed by atoms with Crippen molar-refractivity contribution in [2.24, 2.45) is 0 Å². The van der Waals surface area contributed by atoms with Crippen LogP contribution in [-0.4, -0.2) is 24.0 Å². The highest BCUT2D eigenvalue weighted by molar-refractivity contribution is 6.12. The first-order valence-electron chi connectivity index (χ1n) is 8.14. The number of rotatable bonds is 5. The highest BCUT2D eigenvalue weighted by atomic mass is 16.5. The van der Waals surface area contributed by atoms with Crippen molar-refractivity contribution in [3.63, 3.8) is 0 Å². The van der Waals surface area contributed by atoms with Crippen molar-refractivity contribution in [1.82, 2.24) is 4.98 Å². The molecule has 0 bridgehead atoms. The zero-order chi connectivity index (χ0) is 18.4. The van der Waals surface area contributed by atoms with Crippen LogP contribution in [0.3, 0.4) is 0 Å². The van der Waals surface area contributed by atoms with E-state index in [1.54, 1.807) is 41.6 Å². The Morgan fingerprint density at radius 2 is 1.62 bits per heavy atom. The lowest BCUT2D eigenvalue weighted by atomic mass is 10.1. The minimum absolute atomic E-state index is 0.243. The summed E-state index contributed by atoms with van der Waals surface area (Å²) in [6.07, 6.45) is 3.40. The number of amides is 1. The molecule has 5 nitrogen and oxygen atoms in total. The van der Waals surface area contributed by atoms with Crippen molar-refractivity contribution >= 4 is 17.6 Å². The number of para-hydroxylation sites is 1. The number of hydrogen-bond acceptors (Lipinski definition) is 4. The average Bonchev–Trinajstić information content (AvgIpc) is 2.72. The number of pyridine rings is 1. The van der Waals surface area contributed by atoms with Crippen molar-refractivity contribution in [3.8, 4) is 0 Å². The molecule has 0 aliphatic heterocycles. The first-order chi connectivity index (χ1) is 12.7. The lowest BCUT2D eigenvalue weighted by molar-refractivity contribution is 0.0597. The van der Waals surface area contributed by atoms with E-state index in [1.165, 1.54) is 7.11 Å². The standard InChI is InChI=1S/C21H18N2O3/c1-26-21(25)19-12-6-5-11-18(19)20(24)23(17-9-3-2-4-10-17)15-16-8-7-13-22-14-16/h2-14H,15H2,1H3. The zero-order valence-corrected chi connectivity index (χ0v) is 14.3. The fourth-order valence-corrected chi connectivity index (χ4v) is 2.67. The largest absolute Gasteiger partial charge is 0.465 e. The summed E-state index contributed by atoms with van der Waals surface area (Å²) >= 11 is 0. The van der Waals surface area contributed by atoms with Crippen LogP contribution in [0.4, 0.5) is 5.69 Å². The van der Waals surface area contributed by atoms with Crippen LogP contribution in [0.15, 0.2) is 79.1 Å². The van der Waals surface area contributed by atoms with Gasteiger partial charge in [0.1, 0.15) is 0 Å². The topological polar surface area (TPSA) is 59.5 Å². The molecule has 0 spiro atoms. The van der Waals surface area contributed by atoms with Gasteiger partial charge in [0.05, 0.1) is 24.8 Å². The van der Waals surface area contributed by atoms with E-state index in [4.69, 9.17) is 4.74 Å². The van der Waals surface area contributed by atoms with Gasteiger partial charge >= 0.3 is 5.97 Å². The van der Waals surface area contributed by atoms with Gasteiger partial charge in [-0.2, -0.15) is 0 Å². The van der Waals surface area contributed by atoms with Gasteiger partial charge in [0.2, 0.25) is 0 Å². The first kappa shape index (κ1) is 17.4. The van der Waals surface area contributed by atoms with Crippen molar-refractivity contribution in [2.45, 2.75) is 6.54 Å². The summed E-state index contributed by atoms with van der Waals surface area (Å²) in [7, 11) is 1.30. The van der Waals surface area contributed by atoms with Gasteiger partial charge in [-0.3, -0.25) is 9.78 Å². The Labute approximate surface area is 151 Å². The van der Waals surface area contributed by atoms with E-state index < -0.39 is 5.97 Å². The molecule has 3 aromatic rings. The lowest BCUT2D eigenvalue weighted by Gasteiger charge is -2.24. The maximum absolute atomic E-state index is 13.3. The SMILES string of the molecule is COC(=O)c1ccccc1C(=O)N(Cc1cccnc1)c1ccccc1. The van der Waals surface area contributed by atoms with Gasteiger partial charge in [0.15, 0.2) is 0 Å². The minimum atomic E-state index is -0.539. The molecule has 1 amide bonds. The Balaban J connectivity index is 2.02. The van der Waals surface area contributed by atoms with E-state index in [0.29, 0.717) is 12.1 Å². The number of anilines is 1. The number of nitrogens with zero attached hydrogens (tertiary/aromatic N) is 2. The van der Waals surface area contributed by atoms with Crippen LogP contribution in [-0.2, 0) is 11.3 Å². The van der Waals surface area contributed by atoms with E-state index in [2.05, 4.69) is 4.98 Å². The monoisotopic (exact) mass is 346 g/mol. The predicted molar refractivity (Wildman–Crippen MR) is 99.0 cm³/mol. The number of benzene rings is 2. The summed E-state index contributed by atoms with van der Waals surface area (Å²) in [5.41, 5.74) is 2.17. The van der Waals surface area contributed by atoms with Crippen LogP contribution in [0.2, 0.25) is 0 Å². The second-order valence-corrected chi connectivity index (χ2v) is 5.63. The third kappa shape index (κ3) is 3.78. The molecule has 0 atom stereocenters. The van der Waals surface area contributed by atoms with Gasteiger partial charge in [-0.15, -0.1) is 0 Å². The van der Waals surface area contributed by atoms with Crippen LogP contribution in [0, 0.1) is 0 Å². The Morgan fingerprint density at radius 1 is 0.923 bits per heavy atom. The van der Waals surface area contributed by atoms with Gasteiger partial charge in [0, 0.05) is 18.1 Å². The fourth-order valence-electron chi connectivity index (χ4n) is 2.67. The Morgan fingerprint density at radius 3 is 2.27 bits per heavy atom. The van der Waals surface area contributed by atoms with Crippen LogP contribution in [0.5, 0.6) is 0 Å². The van der Waals surface area contributed by atoms with Gasteiger partial charge in [-0.25, -0.2) is 4.79 Å². The second kappa shape index (κ2) is 8.07. The number of carbonyl (C=O) groups excluding carboxylic acids is 2. The van der Waals surface area contributed by atoms with Crippen LogP contribution < -0.4 is 4.90 Å². The van der Waals surface area contributed by atoms with E-state index >= 15 is 0 Å². The summed E-state index contributed by atoms with van der Waals surface area (Å²) in [6.45, 7) is 0.339. The normalized spacial score (nSPS) is 10.2. The highest BCUT2D eigenvalue weighted by Gasteiger charge is 2.23. The van der Waals surface area contributed by atoms with Crippen molar-refractivity contribution in [2.75, 3.05) is 12.0 Å². The smallest absolute Gasteiger partial charge is 0.338 e. The molecule has 0 saturated carbocycles. The molecular formula is C21H18N2O3. The Bertz CT molecular complexity index is 895. The molecule has 0 unspecified atom stereocenters. The van der Waals surface area contributed by atoms with Crippen molar-refractivity contribution in [3.05, 3.63) is 95.8 Å². The molecule has 0 N–H and O–H groups in total. The zero-order valence-electron chi connectivity index (χ0n) is 14.3. The summed E-state index contributed by atoms with van der Waals surface area (Å²) in [5, 5.41) is 0. The quantitative estimate of drug-likeness (QED) is 0.661. The van der Waals surface area contributed by atoms with Gasteiger partial charge in [-0.1, -0.05) is 36.4 Å². The summed E-state index contributed by atoms with van der Waals surface area (Å²) in [5.74, 6) is -0.815. The molecule has 130 valence electrons. The molecule has 26 heavy (non-hydrogen) atoms. The predicted octanol–water partition coefficient (Wildman–Crippen LogP) is 3.72. The van der Waals surface area contributed by atoms with E-state index in [-0.39, 0.29) is 11.5 Å². The molecule has 0 aliphatic carbocycles.